The summed E-state index contributed by atoms with van der Waals surface area (Å²) in [6.45, 7) is 0.766. The molecule has 1 saturated heterocycles. The van der Waals surface area contributed by atoms with Crippen LogP contribution in [0.5, 0.6) is 0 Å². The number of halogens is 2. The predicted octanol–water partition coefficient (Wildman–Crippen LogP) is 2.79. The minimum Gasteiger partial charge on any atom is -0.370 e. The molecule has 3 nitrogen and oxygen atoms in total. The Morgan fingerprint density at radius 2 is 2.27 bits per heavy atom. The van der Waals surface area contributed by atoms with Crippen LogP contribution in [-0.2, 0) is 4.74 Å². The van der Waals surface area contributed by atoms with Crippen molar-refractivity contribution in [1.29, 1.82) is 0 Å². The van der Waals surface area contributed by atoms with E-state index in [1.807, 2.05) is 6.07 Å². The zero-order chi connectivity index (χ0) is 10.8. The van der Waals surface area contributed by atoms with Gasteiger partial charge in [0.15, 0.2) is 0 Å². The summed E-state index contributed by atoms with van der Waals surface area (Å²) in [5.41, 5.74) is 6.91. The van der Waals surface area contributed by atoms with Gasteiger partial charge in [-0.05, 0) is 50.8 Å². The highest BCUT2D eigenvalue weighted by atomic mass is 79.9. The lowest BCUT2D eigenvalue weighted by Crippen LogP contribution is -2.35. The molecule has 0 aliphatic carbocycles. The molecular formula is C10H12Br2N2O. The van der Waals surface area contributed by atoms with E-state index in [0.29, 0.717) is 0 Å². The third-order valence-corrected chi connectivity index (χ3v) is 3.54. The van der Waals surface area contributed by atoms with Crippen molar-refractivity contribution in [3.63, 3.8) is 0 Å². The first kappa shape index (κ1) is 11.5. The molecule has 0 radical (unpaired) electrons. The molecule has 1 fully saturated rings. The summed E-state index contributed by atoms with van der Waals surface area (Å²) >= 11 is 6.85. The number of ether oxygens (including phenoxy) is 1. The van der Waals surface area contributed by atoms with Crippen LogP contribution in [0.4, 0.5) is 0 Å². The standard InChI is InChI=1S/C10H12Br2N2O/c11-6-4-7(12)9(14-5-6)10-8(13)2-1-3-15-10/h4-5,8,10H,1-3,13H2. The van der Waals surface area contributed by atoms with Gasteiger partial charge < -0.3 is 10.5 Å². The topological polar surface area (TPSA) is 48.1 Å². The van der Waals surface area contributed by atoms with E-state index >= 15 is 0 Å². The first-order valence-corrected chi connectivity index (χ1v) is 6.45. The Labute approximate surface area is 106 Å². The number of nitrogens with two attached hydrogens (primary N) is 1. The van der Waals surface area contributed by atoms with E-state index < -0.39 is 0 Å². The molecule has 2 unspecified atom stereocenters. The first-order valence-electron chi connectivity index (χ1n) is 4.86. The quantitative estimate of drug-likeness (QED) is 0.858. The largest absolute Gasteiger partial charge is 0.370 e. The minimum absolute atomic E-state index is 0.0451. The SMILES string of the molecule is NC1CCCOC1c1ncc(Br)cc1Br. The highest BCUT2D eigenvalue weighted by molar-refractivity contribution is 9.11. The van der Waals surface area contributed by atoms with Crippen LogP contribution in [-0.4, -0.2) is 17.6 Å². The number of hydrogen-bond acceptors (Lipinski definition) is 3. The minimum atomic E-state index is -0.0822. The van der Waals surface area contributed by atoms with Gasteiger partial charge in [0.1, 0.15) is 6.10 Å². The second-order valence-electron chi connectivity index (χ2n) is 3.62. The molecule has 2 heterocycles. The van der Waals surface area contributed by atoms with Gasteiger partial charge in [-0.1, -0.05) is 0 Å². The molecule has 0 bridgehead atoms. The van der Waals surface area contributed by atoms with Gasteiger partial charge >= 0.3 is 0 Å². The molecule has 82 valence electrons. The monoisotopic (exact) mass is 334 g/mol. The number of aromatic nitrogens is 1. The zero-order valence-corrected chi connectivity index (χ0v) is 11.3. The lowest BCUT2D eigenvalue weighted by atomic mass is 10.0. The van der Waals surface area contributed by atoms with E-state index in [1.54, 1.807) is 6.20 Å². The Balaban J connectivity index is 2.27. The van der Waals surface area contributed by atoms with Crippen LogP contribution >= 0.6 is 31.9 Å². The fourth-order valence-corrected chi connectivity index (χ4v) is 2.93. The van der Waals surface area contributed by atoms with Crippen LogP contribution in [0, 0.1) is 0 Å². The number of pyridine rings is 1. The van der Waals surface area contributed by atoms with Crippen LogP contribution in [0.15, 0.2) is 21.2 Å². The summed E-state index contributed by atoms with van der Waals surface area (Å²) in [5, 5.41) is 0. The Bertz CT molecular complexity index is 359. The summed E-state index contributed by atoms with van der Waals surface area (Å²) in [4.78, 5) is 4.35. The number of hydrogen-bond donors (Lipinski definition) is 1. The molecule has 0 saturated carbocycles. The molecule has 2 atom stereocenters. The van der Waals surface area contributed by atoms with Crippen LogP contribution < -0.4 is 5.73 Å². The van der Waals surface area contributed by atoms with E-state index in [2.05, 4.69) is 36.8 Å². The fraction of sp³-hybridized carbons (Fsp3) is 0.500. The van der Waals surface area contributed by atoms with Gasteiger partial charge in [0.25, 0.3) is 0 Å². The number of nitrogens with zero attached hydrogens (tertiary/aromatic N) is 1. The van der Waals surface area contributed by atoms with Crippen molar-refractivity contribution < 1.29 is 4.74 Å². The maximum atomic E-state index is 6.02. The van der Waals surface area contributed by atoms with E-state index in [4.69, 9.17) is 10.5 Å². The lowest BCUT2D eigenvalue weighted by molar-refractivity contribution is -0.00290. The predicted molar refractivity (Wildman–Crippen MR) is 65.5 cm³/mol. The summed E-state index contributed by atoms with van der Waals surface area (Å²) in [7, 11) is 0. The average molecular weight is 336 g/mol. The van der Waals surface area contributed by atoms with E-state index in [-0.39, 0.29) is 12.1 Å². The Hall–Kier alpha value is 0.0300. The van der Waals surface area contributed by atoms with Crippen LogP contribution in [0.1, 0.15) is 24.6 Å². The molecule has 2 rings (SSSR count). The summed E-state index contributed by atoms with van der Waals surface area (Å²) in [6, 6.07) is 2.01. The van der Waals surface area contributed by atoms with E-state index in [0.717, 1.165) is 34.1 Å². The molecular weight excluding hydrogens is 324 g/mol. The Kier molecular flexibility index (Phi) is 3.77. The van der Waals surface area contributed by atoms with Crippen molar-refractivity contribution >= 4 is 31.9 Å². The second-order valence-corrected chi connectivity index (χ2v) is 5.39. The van der Waals surface area contributed by atoms with Crippen molar-refractivity contribution in [3.8, 4) is 0 Å². The molecule has 15 heavy (non-hydrogen) atoms. The van der Waals surface area contributed by atoms with Gasteiger partial charge in [0, 0.05) is 27.8 Å². The molecule has 0 aromatic carbocycles. The maximum Gasteiger partial charge on any atom is 0.116 e. The molecule has 5 heteroatoms. The summed E-state index contributed by atoms with van der Waals surface area (Å²) in [6.07, 6.45) is 3.71. The van der Waals surface area contributed by atoms with Gasteiger partial charge in [-0.25, -0.2) is 0 Å². The third-order valence-electron chi connectivity index (χ3n) is 2.47. The van der Waals surface area contributed by atoms with Gasteiger partial charge in [-0.2, -0.15) is 0 Å². The van der Waals surface area contributed by atoms with Gasteiger partial charge in [-0.15, -0.1) is 0 Å². The molecule has 0 amide bonds. The Morgan fingerprint density at radius 1 is 1.47 bits per heavy atom. The summed E-state index contributed by atoms with van der Waals surface area (Å²) < 4.78 is 7.55. The van der Waals surface area contributed by atoms with Gasteiger partial charge in [0.05, 0.1) is 5.69 Å². The highest BCUT2D eigenvalue weighted by Gasteiger charge is 2.27. The average Bonchev–Trinajstić information content (AvgIpc) is 2.20. The molecule has 2 N–H and O–H groups in total. The molecule has 1 aliphatic rings. The van der Waals surface area contributed by atoms with Crippen molar-refractivity contribution in [1.82, 2.24) is 4.98 Å². The lowest BCUT2D eigenvalue weighted by Gasteiger charge is -2.29. The fourth-order valence-electron chi connectivity index (χ4n) is 1.72. The molecule has 0 spiro atoms. The molecule has 1 aromatic heterocycles. The van der Waals surface area contributed by atoms with E-state index in [1.165, 1.54) is 0 Å². The van der Waals surface area contributed by atoms with Crippen molar-refractivity contribution in [2.24, 2.45) is 5.73 Å². The third kappa shape index (κ3) is 2.58. The second kappa shape index (κ2) is 4.91. The van der Waals surface area contributed by atoms with Crippen LogP contribution in [0.3, 0.4) is 0 Å². The normalized spacial score (nSPS) is 26.6. The molecule has 1 aliphatic heterocycles. The first-order chi connectivity index (χ1) is 7.18. The van der Waals surface area contributed by atoms with Crippen LogP contribution in [0.2, 0.25) is 0 Å². The van der Waals surface area contributed by atoms with Crippen LogP contribution in [0.25, 0.3) is 0 Å². The highest BCUT2D eigenvalue weighted by Crippen LogP contribution is 2.31. The Morgan fingerprint density at radius 3 is 2.93 bits per heavy atom. The van der Waals surface area contributed by atoms with Gasteiger partial charge in [-0.3, -0.25) is 4.98 Å². The maximum absolute atomic E-state index is 6.02. The van der Waals surface area contributed by atoms with Crippen molar-refractivity contribution in [2.45, 2.75) is 25.0 Å². The van der Waals surface area contributed by atoms with Crippen molar-refractivity contribution in [3.05, 3.63) is 26.9 Å². The molecule has 1 aromatic rings. The zero-order valence-electron chi connectivity index (χ0n) is 8.12. The van der Waals surface area contributed by atoms with Gasteiger partial charge in [0.2, 0.25) is 0 Å². The van der Waals surface area contributed by atoms with Crippen molar-refractivity contribution in [2.75, 3.05) is 6.61 Å². The summed E-state index contributed by atoms with van der Waals surface area (Å²) in [5.74, 6) is 0. The number of rotatable bonds is 1. The van der Waals surface area contributed by atoms with E-state index in [9.17, 15) is 0 Å². The smallest absolute Gasteiger partial charge is 0.116 e.